The molecule has 9 nitrogen and oxygen atoms in total. The molecule has 1 unspecified atom stereocenters. The molecule has 0 amide bonds. The molecule has 0 aliphatic rings. The molecule has 0 aromatic rings. The summed E-state index contributed by atoms with van der Waals surface area (Å²) in [6, 6.07) is 0. The fraction of sp³-hybridized carbons (Fsp3) is 0.931. The van der Waals surface area contributed by atoms with Crippen molar-refractivity contribution in [1.29, 1.82) is 0 Å². The maximum atomic E-state index is 12.3. The zero-order chi connectivity index (χ0) is 29.0. The van der Waals surface area contributed by atoms with Crippen LogP contribution in [0.4, 0.5) is 0 Å². The Kier molecular flexibility index (Phi) is 26.5. The number of ether oxygens (including phenoxy) is 2. The highest BCUT2D eigenvalue weighted by Crippen LogP contribution is 2.38. The zero-order valence-electron chi connectivity index (χ0n) is 24.8. The summed E-state index contributed by atoms with van der Waals surface area (Å²) in [6.07, 6.45) is 19.9. The van der Waals surface area contributed by atoms with Crippen LogP contribution in [0.3, 0.4) is 0 Å². The molecule has 0 spiro atoms. The molecule has 0 fully saturated rings. The maximum absolute atomic E-state index is 12.3. The molecule has 2 atom stereocenters. The second-order valence-corrected chi connectivity index (χ2v) is 11.7. The van der Waals surface area contributed by atoms with Gasteiger partial charge in [-0.25, -0.2) is 0 Å². The van der Waals surface area contributed by atoms with Crippen LogP contribution >= 0.6 is 7.82 Å². The van der Waals surface area contributed by atoms with Gasteiger partial charge in [-0.3, -0.25) is 14.2 Å². The first-order chi connectivity index (χ1) is 18.8. The van der Waals surface area contributed by atoms with Crippen LogP contribution in [0, 0.1) is 0 Å². The Morgan fingerprint density at radius 3 is 1.56 bits per heavy atom. The highest BCUT2D eigenvalue weighted by Gasteiger charge is 2.20. The molecule has 0 aromatic heterocycles. The van der Waals surface area contributed by atoms with E-state index in [1.165, 1.54) is 70.6 Å². The van der Waals surface area contributed by atoms with E-state index in [0.29, 0.717) is 6.42 Å². The quantitative estimate of drug-likeness (QED) is 0.0580. The molecule has 0 radical (unpaired) electrons. The number of carbonyl (C=O) groups excluding carboxylic acids is 2. The lowest BCUT2D eigenvalue weighted by Gasteiger charge is -2.25. The Bertz CT molecular complexity index is 634. The zero-order valence-corrected chi connectivity index (χ0v) is 25.7. The summed E-state index contributed by atoms with van der Waals surface area (Å²) in [5.74, 6) is -0.868. The number of phosphoric ester groups is 1. The summed E-state index contributed by atoms with van der Waals surface area (Å²) in [5, 5.41) is 0. The van der Waals surface area contributed by atoms with Gasteiger partial charge in [-0.15, -0.1) is 0 Å². The largest absolute Gasteiger partial charge is 0.756 e. The van der Waals surface area contributed by atoms with Crippen molar-refractivity contribution in [3.05, 3.63) is 0 Å². The smallest absolute Gasteiger partial charge is 0.306 e. The van der Waals surface area contributed by atoms with Gasteiger partial charge in [-0.05, 0) is 12.8 Å². The fourth-order valence-corrected chi connectivity index (χ4v) is 4.91. The van der Waals surface area contributed by atoms with E-state index in [1.54, 1.807) is 0 Å². The molecule has 0 aliphatic heterocycles. The Balaban J connectivity index is 4.33. The van der Waals surface area contributed by atoms with Gasteiger partial charge in [0, 0.05) is 19.4 Å². The summed E-state index contributed by atoms with van der Waals surface area (Å²) in [6.45, 7) is 3.46. The van der Waals surface area contributed by atoms with Gasteiger partial charge in [-0.2, -0.15) is 0 Å². The molecule has 0 heterocycles. The Hall–Kier alpha value is -0.990. The average molecular weight is 579 g/mol. The number of phosphoric acid groups is 1. The summed E-state index contributed by atoms with van der Waals surface area (Å²) in [5.41, 5.74) is 5.27. The van der Waals surface area contributed by atoms with Crippen LogP contribution in [-0.2, 0) is 32.7 Å². The molecule has 2 N–H and O–H groups in total. The van der Waals surface area contributed by atoms with Crippen LogP contribution in [0.2, 0.25) is 0 Å². The van der Waals surface area contributed by atoms with E-state index in [0.717, 1.165) is 38.5 Å². The van der Waals surface area contributed by atoms with Gasteiger partial charge in [0.05, 0.1) is 13.2 Å². The highest BCUT2D eigenvalue weighted by molar-refractivity contribution is 7.45. The van der Waals surface area contributed by atoms with Crippen molar-refractivity contribution < 1.29 is 37.6 Å². The van der Waals surface area contributed by atoms with Crippen LogP contribution in [0.15, 0.2) is 0 Å². The SMILES string of the molecule is CCCCCCCCCCCC(=O)OC[C@@H](COP(=O)([O-])OCCN)OC(=O)CCCCCCCCCCC. The van der Waals surface area contributed by atoms with Gasteiger partial charge in [-0.1, -0.05) is 117 Å². The van der Waals surface area contributed by atoms with Crippen LogP contribution in [-0.4, -0.2) is 44.4 Å². The van der Waals surface area contributed by atoms with Crippen molar-refractivity contribution in [3.63, 3.8) is 0 Å². The van der Waals surface area contributed by atoms with Crippen LogP contribution < -0.4 is 10.6 Å². The van der Waals surface area contributed by atoms with Crippen molar-refractivity contribution >= 4 is 19.8 Å². The van der Waals surface area contributed by atoms with Gasteiger partial charge in [0.15, 0.2) is 6.10 Å². The monoisotopic (exact) mass is 578 g/mol. The third kappa shape index (κ3) is 27.0. The number of nitrogens with two attached hydrogens (primary N) is 1. The van der Waals surface area contributed by atoms with Crippen LogP contribution in [0.25, 0.3) is 0 Å². The minimum absolute atomic E-state index is 0.0171. The normalized spacial score (nSPS) is 13.6. The fourth-order valence-electron chi connectivity index (χ4n) is 4.16. The van der Waals surface area contributed by atoms with Crippen LogP contribution in [0.1, 0.15) is 142 Å². The Morgan fingerprint density at radius 1 is 0.667 bits per heavy atom. The number of hydrogen-bond donors (Lipinski definition) is 1. The number of hydrogen-bond acceptors (Lipinski definition) is 9. The van der Waals surface area contributed by atoms with Gasteiger partial charge >= 0.3 is 11.9 Å². The van der Waals surface area contributed by atoms with E-state index in [-0.39, 0.29) is 32.6 Å². The average Bonchev–Trinajstić information content (AvgIpc) is 2.91. The lowest BCUT2D eigenvalue weighted by Crippen LogP contribution is -2.30. The van der Waals surface area contributed by atoms with Crippen molar-refractivity contribution in [2.24, 2.45) is 5.73 Å². The van der Waals surface area contributed by atoms with Crippen molar-refractivity contribution in [2.45, 2.75) is 148 Å². The lowest BCUT2D eigenvalue weighted by atomic mass is 10.1. The third-order valence-corrected chi connectivity index (χ3v) is 7.45. The molecular formula is C29H57NO8P-. The topological polar surface area (TPSA) is 137 Å². The Morgan fingerprint density at radius 2 is 1.10 bits per heavy atom. The van der Waals surface area contributed by atoms with E-state index < -0.39 is 32.5 Å². The van der Waals surface area contributed by atoms with Crippen molar-refractivity contribution in [1.82, 2.24) is 0 Å². The minimum atomic E-state index is -4.60. The molecule has 232 valence electrons. The van der Waals surface area contributed by atoms with Gasteiger partial charge in [0.2, 0.25) is 0 Å². The summed E-state index contributed by atoms with van der Waals surface area (Å²) in [4.78, 5) is 36.4. The first-order valence-electron chi connectivity index (χ1n) is 15.5. The molecule has 0 aliphatic carbocycles. The molecule has 0 saturated heterocycles. The predicted molar refractivity (Wildman–Crippen MR) is 153 cm³/mol. The van der Waals surface area contributed by atoms with E-state index >= 15 is 0 Å². The van der Waals surface area contributed by atoms with E-state index in [1.807, 2.05) is 0 Å². The van der Waals surface area contributed by atoms with E-state index in [4.69, 9.17) is 19.7 Å². The van der Waals surface area contributed by atoms with Crippen molar-refractivity contribution in [3.8, 4) is 0 Å². The molecule has 0 aromatic carbocycles. The molecule has 0 saturated carbocycles. The minimum Gasteiger partial charge on any atom is -0.756 e. The van der Waals surface area contributed by atoms with Crippen molar-refractivity contribution in [2.75, 3.05) is 26.4 Å². The van der Waals surface area contributed by atoms with Crippen LogP contribution in [0.5, 0.6) is 0 Å². The second-order valence-electron chi connectivity index (χ2n) is 10.3. The maximum Gasteiger partial charge on any atom is 0.306 e. The number of unbranched alkanes of at least 4 members (excludes halogenated alkanes) is 16. The molecular weight excluding hydrogens is 521 g/mol. The number of esters is 2. The highest BCUT2D eigenvalue weighted by atomic mass is 31.2. The summed E-state index contributed by atoms with van der Waals surface area (Å²) >= 11 is 0. The first kappa shape index (κ1) is 38.0. The molecule has 39 heavy (non-hydrogen) atoms. The van der Waals surface area contributed by atoms with E-state index in [9.17, 15) is 19.0 Å². The summed E-state index contributed by atoms with van der Waals surface area (Å²) < 4.78 is 32.0. The van der Waals surface area contributed by atoms with Gasteiger partial charge in [0.1, 0.15) is 6.61 Å². The molecule has 0 bridgehead atoms. The second kappa shape index (κ2) is 27.2. The molecule has 10 heteroatoms. The Labute approximate surface area is 237 Å². The summed E-state index contributed by atoms with van der Waals surface area (Å²) in [7, 11) is -4.60. The predicted octanol–water partition coefficient (Wildman–Crippen LogP) is 6.74. The third-order valence-electron chi connectivity index (χ3n) is 6.48. The lowest BCUT2D eigenvalue weighted by molar-refractivity contribution is -0.228. The standard InChI is InChI=1S/C29H58NO8P/c1-3-5-7-9-11-13-15-17-19-21-28(31)35-25-27(26-37-39(33,34)36-24-23-30)38-29(32)22-20-18-16-14-12-10-8-6-4-2/h27H,3-26,30H2,1-2H3,(H,33,34)/p-1/t27-/m0/s1. The number of carbonyl (C=O) groups is 2. The number of rotatable bonds is 29. The first-order valence-corrected chi connectivity index (χ1v) is 17.0. The van der Waals surface area contributed by atoms with Gasteiger partial charge < -0.3 is 29.1 Å². The molecule has 0 rings (SSSR count). The van der Waals surface area contributed by atoms with E-state index in [2.05, 4.69) is 18.4 Å². The van der Waals surface area contributed by atoms with Gasteiger partial charge in [0.25, 0.3) is 7.82 Å².